The summed E-state index contributed by atoms with van der Waals surface area (Å²) in [6.45, 7) is 3.01. The molecule has 0 radical (unpaired) electrons. The van der Waals surface area contributed by atoms with Gasteiger partial charge in [-0.3, -0.25) is 4.79 Å². The molecule has 0 atom stereocenters. The van der Waals surface area contributed by atoms with Gasteiger partial charge in [0.15, 0.2) is 0 Å². The maximum Gasteiger partial charge on any atom is 0.256 e. The number of nitrogens with one attached hydrogen (secondary N) is 1. The summed E-state index contributed by atoms with van der Waals surface area (Å²) in [7, 11) is 4.14. The van der Waals surface area contributed by atoms with Crippen LogP contribution in [0.1, 0.15) is 26.6 Å². The number of amides is 1. The maximum absolute atomic E-state index is 12.8. The molecule has 1 N–H and O–H groups in total. The third-order valence-corrected chi connectivity index (χ3v) is 6.16. The minimum atomic E-state index is -0.0846. The van der Waals surface area contributed by atoms with Gasteiger partial charge >= 0.3 is 0 Å². The van der Waals surface area contributed by atoms with Gasteiger partial charge in [0.1, 0.15) is 0 Å². The Labute approximate surface area is 175 Å². The van der Waals surface area contributed by atoms with Crippen LogP contribution in [0.15, 0.2) is 58.8 Å². The number of aromatic nitrogens is 1. The van der Waals surface area contributed by atoms with Gasteiger partial charge in [0.05, 0.1) is 16.3 Å². The maximum atomic E-state index is 12.8. The lowest BCUT2D eigenvalue weighted by atomic mass is 10.1. The molecular weight excluding hydrogens is 386 g/mol. The van der Waals surface area contributed by atoms with E-state index in [0.717, 1.165) is 40.0 Å². The van der Waals surface area contributed by atoms with Crippen molar-refractivity contribution in [1.82, 2.24) is 9.88 Å². The fourth-order valence-electron chi connectivity index (χ4n) is 2.71. The van der Waals surface area contributed by atoms with Crippen LogP contribution in [0.25, 0.3) is 0 Å². The summed E-state index contributed by atoms with van der Waals surface area (Å²) in [5.41, 5.74) is 3.82. The molecule has 146 valence electrons. The second kappa shape index (κ2) is 9.87. The molecule has 1 aromatic heterocycles. The average molecular weight is 412 g/mol. The molecule has 28 heavy (non-hydrogen) atoms. The molecule has 6 heteroatoms. The van der Waals surface area contributed by atoms with Crippen LogP contribution in [0.4, 0.5) is 5.69 Å². The Morgan fingerprint density at radius 2 is 1.89 bits per heavy atom. The van der Waals surface area contributed by atoms with Crippen molar-refractivity contribution in [2.24, 2.45) is 0 Å². The van der Waals surface area contributed by atoms with Crippen LogP contribution < -0.4 is 5.32 Å². The number of carbonyl (C=O) groups is 1. The summed E-state index contributed by atoms with van der Waals surface area (Å²) < 4.78 is 0. The Kier molecular flexibility index (Phi) is 7.25. The molecule has 0 aliphatic rings. The lowest BCUT2D eigenvalue weighted by molar-refractivity contribution is 0.102. The van der Waals surface area contributed by atoms with Crippen LogP contribution in [0, 0.1) is 6.92 Å². The van der Waals surface area contributed by atoms with E-state index in [4.69, 9.17) is 0 Å². The largest absolute Gasteiger partial charge is 0.322 e. The highest BCUT2D eigenvalue weighted by Crippen LogP contribution is 2.27. The van der Waals surface area contributed by atoms with Crippen molar-refractivity contribution in [2.75, 3.05) is 26.0 Å². The number of nitrogens with zero attached hydrogens (tertiary/aromatic N) is 2. The average Bonchev–Trinajstić information content (AvgIpc) is 3.11. The highest BCUT2D eigenvalue weighted by molar-refractivity contribution is 7.98. The van der Waals surface area contributed by atoms with Gasteiger partial charge in [0, 0.05) is 28.3 Å². The smallest absolute Gasteiger partial charge is 0.256 e. The normalized spacial score (nSPS) is 11.0. The molecular formula is C22H25N3OS2. The van der Waals surface area contributed by atoms with Crippen LogP contribution in [0.2, 0.25) is 0 Å². The Bertz CT molecular complexity index is 920. The van der Waals surface area contributed by atoms with Crippen molar-refractivity contribution >= 4 is 34.7 Å². The second-order valence-corrected chi connectivity index (χ2v) is 8.93. The molecule has 0 aliphatic heterocycles. The zero-order chi connectivity index (χ0) is 19.9. The molecule has 0 spiro atoms. The van der Waals surface area contributed by atoms with E-state index in [0.29, 0.717) is 5.56 Å². The van der Waals surface area contributed by atoms with E-state index in [2.05, 4.69) is 46.8 Å². The van der Waals surface area contributed by atoms with E-state index in [-0.39, 0.29) is 5.91 Å². The van der Waals surface area contributed by atoms with E-state index >= 15 is 0 Å². The summed E-state index contributed by atoms with van der Waals surface area (Å²) >= 11 is 3.29. The minimum absolute atomic E-state index is 0.0846. The number of thioether (sulfide) groups is 1. The van der Waals surface area contributed by atoms with Crippen LogP contribution in [0.5, 0.6) is 0 Å². The summed E-state index contributed by atoms with van der Waals surface area (Å²) in [5.74, 6) is 0.675. The van der Waals surface area contributed by atoms with Crippen molar-refractivity contribution in [1.29, 1.82) is 0 Å². The lowest BCUT2D eigenvalue weighted by Gasteiger charge is -2.11. The van der Waals surface area contributed by atoms with Crippen LogP contribution >= 0.6 is 23.1 Å². The van der Waals surface area contributed by atoms with Crippen LogP contribution in [0.3, 0.4) is 0 Å². The number of hydrogen-bond donors (Lipinski definition) is 1. The van der Waals surface area contributed by atoms with Gasteiger partial charge in [-0.15, -0.1) is 23.1 Å². The Hall–Kier alpha value is -2.15. The van der Waals surface area contributed by atoms with Gasteiger partial charge in [-0.05, 0) is 57.3 Å². The summed E-state index contributed by atoms with van der Waals surface area (Å²) in [5, 5.41) is 6.15. The van der Waals surface area contributed by atoms with Crippen LogP contribution in [-0.4, -0.2) is 36.4 Å². The zero-order valence-electron chi connectivity index (χ0n) is 16.4. The standard InChI is InChI=1S/C22H25N3OS2/c1-16-23-19(14-27-16)15-28-21-7-5-4-6-20(21)22(26)24-18-10-8-17(9-11-18)12-13-25(2)3/h4-11,14H,12-13,15H2,1-3H3,(H,24,26). The molecule has 1 amide bonds. The first kappa shape index (κ1) is 20.6. The number of hydrogen-bond acceptors (Lipinski definition) is 5. The summed E-state index contributed by atoms with van der Waals surface area (Å²) in [6.07, 6.45) is 0.997. The number of rotatable bonds is 8. The zero-order valence-corrected chi connectivity index (χ0v) is 18.1. The van der Waals surface area contributed by atoms with Gasteiger partial charge in [-0.1, -0.05) is 24.3 Å². The predicted molar refractivity (Wildman–Crippen MR) is 120 cm³/mol. The number of anilines is 1. The number of aryl methyl sites for hydroxylation is 1. The molecule has 2 aromatic carbocycles. The lowest BCUT2D eigenvalue weighted by Crippen LogP contribution is -2.15. The number of likely N-dealkylation sites (N-methyl/N-ethyl adjacent to an activating group) is 1. The number of benzene rings is 2. The first-order valence-corrected chi connectivity index (χ1v) is 11.1. The molecule has 4 nitrogen and oxygen atoms in total. The predicted octanol–water partition coefficient (Wildman–Crippen LogP) is 5.10. The first-order valence-electron chi connectivity index (χ1n) is 9.19. The van der Waals surface area contributed by atoms with Gasteiger partial charge in [-0.2, -0.15) is 0 Å². The van der Waals surface area contributed by atoms with Crippen molar-refractivity contribution in [3.63, 3.8) is 0 Å². The molecule has 0 fully saturated rings. The minimum Gasteiger partial charge on any atom is -0.322 e. The van der Waals surface area contributed by atoms with Gasteiger partial charge in [0.25, 0.3) is 5.91 Å². The molecule has 0 aliphatic carbocycles. The fourth-order valence-corrected chi connectivity index (χ4v) is 4.37. The monoisotopic (exact) mass is 411 g/mol. The summed E-state index contributed by atoms with van der Waals surface area (Å²) in [4.78, 5) is 20.4. The fraction of sp³-hybridized carbons (Fsp3) is 0.273. The van der Waals surface area contributed by atoms with Gasteiger partial charge in [-0.25, -0.2) is 4.98 Å². The van der Waals surface area contributed by atoms with E-state index in [1.54, 1.807) is 23.1 Å². The number of thiazole rings is 1. The van der Waals surface area contributed by atoms with E-state index in [1.807, 2.05) is 43.3 Å². The number of carbonyl (C=O) groups excluding carboxylic acids is 1. The quantitative estimate of drug-likeness (QED) is 0.524. The second-order valence-electron chi connectivity index (χ2n) is 6.85. The van der Waals surface area contributed by atoms with Crippen molar-refractivity contribution < 1.29 is 4.79 Å². The van der Waals surface area contributed by atoms with E-state index < -0.39 is 0 Å². The molecule has 3 rings (SSSR count). The SMILES string of the molecule is Cc1nc(CSc2ccccc2C(=O)Nc2ccc(CCN(C)C)cc2)cs1. The molecule has 1 heterocycles. The Morgan fingerprint density at radius 1 is 1.14 bits per heavy atom. The van der Waals surface area contributed by atoms with Gasteiger partial charge < -0.3 is 10.2 Å². The van der Waals surface area contributed by atoms with Crippen molar-refractivity contribution in [3.05, 3.63) is 75.7 Å². The highest BCUT2D eigenvalue weighted by atomic mass is 32.2. The third kappa shape index (κ3) is 5.92. The van der Waals surface area contributed by atoms with E-state index in [9.17, 15) is 4.79 Å². The molecule has 0 unspecified atom stereocenters. The van der Waals surface area contributed by atoms with Crippen molar-refractivity contribution in [2.45, 2.75) is 24.0 Å². The topological polar surface area (TPSA) is 45.2 Å². The molecule has 0 bridgehead atoms. The molecule has 0 saturated carbocycles. The molecule has 0 saturated heterocycles. The summed E-state index contributed by atoms with van der Waals surface area (Å²) in [6, 6.07) is 15.8. The van der Waals surface area contributed by atoms with E-state index in [1.165, 1.54) is 5.56 Å². The van der Waals surface area contributed by atoms with Gasteiger partial charge in [0.2, 0.25) is 0 Å². The third-order valence-electron chi connectivity index (χ3n) is 4.23. The highest BCUT2D eigenvalue weighted by Gasteiger charge is 2.12. The Balaban J connectivity index is 1.64. The van der Waals surface area contributed by atoms with Crippen molar-refractivity contribution in [3.8, 4) is 0 Å². The van der Waals surface area contributed by atoms with Crippen LogP contribution in [-0.2, 0) is 12.2 Å². The first-order chi connectivity index (χ1) is 13.5. The molecule has 3 aromatic rings. The Morgan fingerprint density at radius 3 is 2.57 bits per heavy atom.